The number of aliphatic hydroxyl groups excluding tert-OH is 2. The lowest BCUT2D eigenvalue weighted by molar-refractivity contribution is -0.131. The molecule has 0 radical (unpaired) electrons. The van der Waals surface area contributed by atoms with E-state index >= 15 is 0 Å². The molecule has 2 aromatic rings. The largest absolute Gasteiger partial charge is 0.387 e. The highest BCUT2D eigenvalue weighted by Crippen LogP contribution is 2.33. The smallest absolute Gasteiger partial charge is 0.355 e. The van der Waals surface area contributed by atoms with E-state index in [1.807, 2.05) is 13.8 Å². The van der Waals surface area contributed by atoms with Gasteiger partial charge in [-0.1, -0.05) is 13.8 Å². The van der Waals surface area contributed by atoms with Crippen molar-refractivity contribution in [2.75, 3.05) is 18.9 Å². The molecule has 3 rings (SSSR count). The third kappa shape index (κ3) is 5.03. The van der Waals surface area contributed by atoms with Crippen LogP contribution in [0, 0.1) is 5.92 Å². The lowest BCUT2D eigenvalue weighted by Gasteiger charge is -2.18. The Hall–Kier alpha value is -2.15. The number of aromatic nitrogens is 4. The summed E-state index contributed by atoms with van der Waals surface area (Å²) in [5, 5.41) is 23.1. The summed E-state index contributed by atoms with van der Waals surface area (Å²) in [4.78, 5) is 23.9. The molecule has 1 amide bonds. The fourth-order valence-electron chi connectivity index (χ4n) is 3.00. The molecule has 170 valence electrons. The zero-order valence-electron chi connectivity index (χ0n) is 16.6. The Morgan fingerprint density at radius 3 is 2.74 bits per heavy atom. The Morgan fingerprint density at radius 1 is 1.39 bits per heavy atom. The van der Waals surface area contributed by atoms with Gasteiger partial charge in [-0.05, 0) is 17.5 Å². The number of anilines is 1. The molecule has 1 saturated heterocycles. The number of ether oxygens (including phenoxy) is 2. The number of hydrogen-bond acceptors (Lipinski definition) is 11. The minimum Gasteiger partial charge on any atom is -0.387 e. The van der Waals surface area contributed by atoms with Crippen LogP contribution >= 0.6 is 19.3 Å². The molecule has 1 aliphatic rings. The lowest BCUT2D eigenvalue weighted by atomic mass is 10.1. The van der Waals surface area contributed by atoms with E-state index < -0.39 is 50.6 Å². The number of nitrogen functional groups attached to an aromatic ring is 1. The number of carbonyl (C=O) groups is 1. The first-order valence-corrected chi connectivity index (χ1v) is 10.9. The monoisotopic (exact) mass is 476 g/mol. The number of nitrogens with zero attached hydrogens (tertiary/aromatic N) is 4. The Bertz CT molecular complexity index is 1020. The predicted molar refractivity (Wildman–Crippen MR) is 107 cm³/mol. The highest BCUT2D eigenvalue weighted by molar-refractivity contribution is 7.33. The highest BCUT2D eigenvalue weighted by atomic mass is 35.5. The van der Waals surface area contributed by atoms with Crippen molar-refractivity contribution in [1.29, 1.82) is 0 Å². The maximum atomic E-state index is 12.1. The van der Waals surface area contributed by atoms with E-state index in [0.29, 0.717) is 0 Å². The molecule has 0 spiro atoms. The Labute approximate surface area is 181 Å². The number of hydrogen-bond donors (Lipinski definition) is 4. The quantitative estimate of drug-likeness (QED) is 0.295. The second-order valence-electron chi connectivity index (χ2n) is 7.36. The molecule has 2 aromatic heterocycles. The van der Waals surface area contributed by atoms with E-state index in [9.17, 15) is 24.1 Å². The Kier molecular flexibility index (Phi) is 7.24. The number of fused-ring (bicyclic) bond motifs is 1. The van der Waals surface area contributed by atoms with Crippen molar-refractivity contribution >= 4 is 42.2 Å². The van der Waals surface area contributed by atoms with Gasteiger partial charge in [-0.25, -0.2) is 14.1 Å². The fraction of sp³-hybridized carbons (Fsp3) is 0.625. The second-order valence-corrected chi connectivity index (χ2v) is 8.74. The molecule has 13 nitrogen and oxygen atoms in total. The van der Waals surface area contributed by atoms with Crippen molar-refractivity contribution in [3.8, 4) is 0 Å². The van der Waals surface area contributed by atoms with Crippen molar-refractivity contribution in [1.82, 2.24) is 24.8 Å². The molecule has 31 heavy (non-hydrogen) atoms. The van der Waals surface area contributed by atoms with Crippen molar-refractivity contribution in [3.63, 3.8) is 0 Å². The van der Waals surface area contributed by atoms with Gasteiger partial charge in [-0.2, -0.15) is 9.97 Å². The fourth-order valence-corrected chi connectivity index (χ4v) is 3.67. The molecule has 0 aliphatic carbocycles. The third-order valence-electron chi connectivity index (χ3n) is 4.55. The van der Waals surface area contributed by atoms with E-state index in [1.54, 1.807) is 0 Å². The van der Waals surface area contributed by atoms with E-state index in [4.69, 9.17) is 26.8 Å². The van der Waals surface area contributed by atoms with Gasteiger partial charge in [0, 0.05) is 6.54 Å². The average molecular weight is 477 g/mol. The molecule has 0 bridgehead atoms. The minimum atomic E-state index is -3.25. The van der Waals surface area contributed by atoms with Crippen LogP contribution in [0.2, 0.25) is 5.28 Å². The summed E-state index contributed by atoms with van der Waals surface area (Å²) in [6.07, 6.45) is -3.88. The van der Waals surface area contributed by atoms with Crippen LogP contribution in [0.4, 0.5) is 5.82 Å². The van der Waals surface area contributed by atoms with Crippen LogP contribution in [0.3, 0.4) is 0 Å². The topological polar surface area (TPSA) is 192 Å². The molecule has 0 unspecified atom stereocenters. The molecule has 0 saturated carbocycles. The second kappa shape index (κ2) is 9.55. The first-order chi connectivity index (χ1) is 14.6. The molecule has 3 heterocycles. The van der Waals surface area contributed by atoms with Gasteiger partial charge in [0.15, 0.2) is 17.7 Å². The van der Waals surface area contributed by atoms with Crippen LogP contribution in [-0.2, 0) is 23.4 Å². The van der Waals surface area contributed by atoms with Gasteiger partial charge in [0.25, 0.3) is 5.91 Å². The van der Waals surface area contributed by atoms with Gasteiger partial charge in [-0.3, -0.25) is 9.36 Å². The molecule has 15 heteroatoms. The Morgan fingerprint density at radius 2 is 2.10 bits per heavy atom. The molecular formula is C16H22ClN6O7P. The summed E-state index contributed by atoms with van der Waals surface area (Å²) >= 11 is 5.83. The van der Waals surface area contributed by atoms with Crippen LogP contribution in [0.5, 0.6) is 0 Å². The van der Waals surface area contributed by atoms with Crippen molar-refractivity contribution in [2.24, 2.45) is 5.92 Å². The number of carbonyl (C=O) groups excluding carboxylic acids is 1. The van der Waals surface area contributed by atoms with Crippen LogP contribution in [0.15, 0.2) is 6.33 Å². The molecule has 5 atom stereocenters. The molecular weight excluding hydrogens is 455 g/mol. The van der Waals surface area contributed by atoms with Crippen LogP contribution in [0.1, 0.15) is 20.1 Å². The normalized spacial score (nSPS) is 24.6. The first-order valence-electron chi connectivity index (χ1n) is 9.30. The minimum absolute atomic E-state index is 0.0242. The van der Waals surface area contributed by atoms with Crippen molar-refractivity contribution in [2.45, 2.75) is 44.2 Å². The van der Waals surface area contributed by atoms with Crippen LogP contribution < -0.4 is 11.1 Å². The first kappa shape index (κ1) is 23.5. The summed E-state index contributed by atoms with van der Waals surface area (Å²) in [5.41, 5.74) is 6.15. The van der Waals surface area contributed by atoms with Gasteiger partial charge < -0.3 is 30.7 Å². The molecule has 0 aromatic carbocycles. The van der Waals surface area contributed by atoms with Crippen LogP contribution in [0.25, 0.3) is 11.2 Å². The van der Waals surface area contributed by atoms with E-state index in [1.165, 1.54) is 10.9 Å². The predicted octanol–water partition coefficient (Wildman–Crippen LogP) is -0.0311. The van der Waals surface area contributed by atoms with E-state index in [0.717, 1.165) is 0 Å². The zero-order valence-corrected chi connectivity index (χ0v) is 18.2. The highest BCUT2D eigenvalue weighted by Gasteiger charge is 2.45. The number of aliphatic hydroxyl groups is 2. The van der Waals surface area contributed by atoms with Gasteiger partial charge in [0.05, 0.1) is 12.9 Å². The zero-order chi connectivity index (χ0) is 22.9. The van der Waals surface area contributed by atoms with E-state index in [2.05, 4.69) is 20.3 Å². The standard InChI is InChI=1S/C16H22ClN6O7P/c1-6(2)3-19-13(26)15(31(27)28)29-4-7-9(24)10(25)14(30-7)23-5-20-8-11(18)21-16(17)22-12(8)23/h5-7,9-10,14-15,24-25H,3-4H2,1-2H3,(H,19,26)(H2,18,21,22)/t7-,9-,10-,14-,15-/m1/s1. The van der Waals surface area contributed by atoms with Gasteiger partial charge in [-0.15, -0.1) is 0 Å². The molecule has 1 aliphatic heterocycles. The lowest BCUT2D eigenvalue weighted by Crippen LogP contribution is -2.39. The van der Waals surface area contributed by atoms with Crippen LogP contribution in [-0.4, -0.2) is 72.9 Å². The summed E-state index contributed by atoms with van der Waals surface area (Å²) in [6, 6.07) is 0. The number of imidazole rings is 1. The van der Waals surface area contributed by atoms with Gasteiger partial charge >= 0.3 is 7.68 Å². The molecule has 5 N–H and O–H groups in total. The molecule has 1 fully saturated rings. The summed E-state index contributed by atoms with van der Waals surface area (Å²) in [6.45, 7) is 3.50. The van der Waals surface area contributed by atoms with Crippen molar-refractivity contribution < 1.29 is 33.6 Å². The number of nitrogens with one attached hydrogen (secondary N) is 1. The number of amides is 1. The Balaban J connectivity index is 1.73. The van der Waals surface area contributed by atoms with Crippen molar-refractivity contribution in [3.05, 3.63) is 11.6 Å². The summed E-state index contributed by atoms with van der Waals surface area (Å²) in [5.74, 6) is -2.45. The van der Waals surface area contributed by atoms with Gasteiger partial charge in [0.2, 0.25) is 11.1 Å². The number of rotatable bonds is 8. The number of nitrogens with two attached hydrogens (primary N) is 1. The summed E-state index contributed by atoms with van der Waals surface area (Å²) < 4.78 is 35.1. The summed E-state index contributed by atoms with van der Waals surface area (Å²) in [7, 11) is -3.25. The maximum absolute atomic E-state index is 12.1. The van der Waals surface area contributed by atoms with Gasteiger partial charge in [0.1, 0.15) is 23.8 Å². The van der Waals surface area contributed by atoms with E-state index in [-0.39, 0.29) is 34.7 Å². The maximum Gasteiger partial charge on any atom is 0.355 e. The SMILES string of the molecule is CC(C)CNC(=O)[C@H](OC[C@H]1O[C@@H](n2cnc3c(N)nc(Cl)nc32)[C@H](O)[C@@H]1O)P(=O)=O. The average Bonchev–Trinajstić information content (AvgIpc) is 3.22. The third-order valence-corrected chi connectivity index (χ3v) is 5.49. The number of halogens is 1.